The molecule has 0 heterocycles. The van der Waals surface area contributed by atoms with Crippen molar-refractivity contribution >= 4 is 6.29 Å². The first-order valence-electron chi connectivity index (χ1n) is 4.07. The molecule has 1 aromatic carbocycles. The van der Waals surface area contributed by atoms with Crippen LogP contribution in [0.3, 0.4) is 0 Å². The fraction of sp³-hybridized carbons (Fsp3) is 0.300. The molecule has 1 rings (SSSR count). The van der Waals surface area contributed by atoms with E-state index in [0.29, 0.717) is 17.4 Å². The molecule has 0 fully saturated rings. The van der Waals surface area contributed by atoms with Crippen molar-refractivity contribution in [1.29, 1.82) is 0 Å². The number of ether oxygens (including phenoxy) is 2. The summed E-state index contributed by atoms with van der Waals surface area (Å²) in [5, 5.41) is 9.54. The van der Waals surface area contributed by atoms with Gasteiger partial charge in [0.1, 0.15) is 5.75 Å². The Morgan fingerprint density at radius 3 is 2.50 bits per heavy atom. The lowest BCUT2D eigenvalue weighted by atomic mass is 10.1. The van der Waals surface area contributed by atoms with E-state index in [1.54, 1.807) is 12.1 Å². The Balaban J connectivity index is 3.21. The van der Waals surface area contributed by atoms with Gasteiger partial charge in [-0.25, -0.2) is 0 Å². The first-order chi connectivity index (χ1) is 6.74. The Kier molecular flexibility index (Phi) is 3.62. The third-order valence-electron chi connectivity index (χ3n) is 1.91. The molecule has 4 heteroatoms. The number of benzene rings is 1. The molecule has 4 nitrogen and oxygen atoms in total. The zero-order valence-electron chi connectivity index (χ0n) is 8.06. The number of hydrogen-bond donors (Lipinski definition) is 1. The van der Waals surface area contributed by atoms with Crippen LogP contribution in [0.1, 0.15) is 22.2 Å². The fourth-order valence-electron chi connectivity index (χ4n) is 1.26. The molecule has 1 aromatic rings. The highest BCUT2D eigenvalue weighted by Gasteiger charge is 2.17. The van der Waals surface area contributed by atoms with Gasteiger partial charge in [0.25, 0.3) is 0 Å². The van der Waals surface area contributed by atoms with Crippen LogP contribution < -0.4 is 0 Å². The summed E-state index contributed by atoms with van der Waals surface area (Å²) in [4.78, 5) is 10.7. The minimum absolute atomic E-state index is 0.0108. The number of phenolic OH excluding ortho intramolecular Hbond substituents is 1. The molecule has 0 unspecified atom stereocenters. The molecule has 0 saturated heterocycles. The minimum Gasteiger partial charge on any atom is -0.507 e. The lowest BCUT2D eigenvalue weighted by Crippen LogP contribution is -2.07. The smallest absolute Gasteiger partial charge is 0.187 e. The maximum atomic E-state index is 10.7. The third-order valence-corrected chi connectivity index (χ3v) is 1.91. The largest absolute Gasteiger partial charge is 0.507 e. The second kappa shape index (κ2) is 4.74. The third kappa shape index (κ3) is 1.92. The van der Waals surface area contributed by atoms with E-state index in [1.165, 1.54) is 20.3 Å². The van der Waals surface area contributed by atoms with E-state index in [9.17, 15) is 9.90 Å². The molecule has 0 aliphatic rings. The number of hydrogen-bond acceptors (Lipinski definition) is 4. The van der Waals surface area contributed by atoms with Gasteiger partial charge in [-0.1, -0.05) is 12.1 Å². The van der Waals surface area contributed by atoms with Gasteiger partial charge in [0.15, 0.2) is 12.6 Å². The molecule has 1 N–H and O–H groups in total. The topological polar surface area (TPSA) is 55.8 Å². The molecule has 0 bridgehead atoms. The highest BCUT2D eigenvalue weighted by molar-refractivity contribution is 5.78. The summed E-state index contributed by atoms with van der Waals surface area (Å²) in [6, 6.07) is 4.66. The fourth-order valence-corrected chi connectivity index (χ4v) is 1.26. The average Bonchev–Trinajstić information content (AvgIpc) is 2.22. The van der Waals surface area contributed by atoms with Gasteiger partial charge in [0.2, 0.25) is 0 Å². The summed E-state index contributed by atoms with van der Waals surface area (Å²) in [7, 11) is 2.88. The van der Waals surface area contributed by atoms with Gasteiger partial charge in [-0.3, -0.25) is 4.79 Å². The minimum atomic E-state index is -0.726. The number of aldehydes is 1. The Morgan fingerprint density at radius 1 is 1.36 bits per heavy atom. The van der Waals surface area contributed by atoms with Gasteiger partial charge in [0, 0.05) is 19.8 Å². The Hall–Kier alpha value is -1.39. The van der Waals surface area contributed by atoms with E-state index in [-0.39, 0.29) is 5.75 Å². The van der Waals surface area contributed by atoms with Gasteiger partial charge in [-0.15, -0.1) is 0 Å². The molecule has 0 aliphatic carbocycles. The van der Waals surface area contributed by atoms with Crippen LogP contribution in [-0.2, 0) is 9.47 Å². The molecule has 0 aromatic heterocycles. The molecule has 76 valence electrons. The van der Waals surface area contributed by atoms with Crippen LogP contribution in [0, 0.1) is 0 Å². The van der Waals surface area contributed by atoms with E-state index in [4.69, 9.17) is 9.47 Å². The van der Waals surface area contributed by atoms with E-state index in [1.807, 2.05) is 0 Å². The molecule has 14 heavy (non-hydrogen) atoms. The van der Waals surface area contributed by atoms with Crippen LogP contribution >= 0.6 is 0 Å². The molecular formula is C10H12O4. The average molecular weight is 196 g/mol. The monoisotopic (exact) mass is 196 g/mol. The van der Waals surface area contributed by atoms with E-state index in [0.717, 1.165) is 0 Å². The van der Waals surface area contributed by atoms with Gasteiger partial charge in [0.05, 0.1) is 5.56 Å². The van der Waals surface area contributed by atoms with Crippen molar-refractivity contribution in [1.82, 2.24) is 0 Å². The molecule has 0 amide bonds. The maximum Gasteiger partial charge on any atom is 0.187 e. The Bertz CT molecular complexity index is 318. The number of carbonyl (C=O) groups is 1. The predicted octanol–water partition coefficient (Wildman–Crippen LogP) is 1.50. The predicted molar refractivity (Wildman–Crippen MR) is 50.3 cm³/mol. The number of aromatic hydroxyl groups is 1. The highest BCUT2D eigenvalue weighted by Crippen LogP contribution is 2.29. The molecule has 0 radical (unpaired) electrons. The number of phenols is 1. The number of rotatable bonds is 4. The van der Waals surface area contributed by atoms with Crippen molar-refractivity contribution in [2.75, 3.05) is 14.2 Å². The number of carbonyl (C=O) groups excluding carboxylic acids is 1. The van der Waals surface area contributed by atoms with Crippen molar-refractivity contribution in [2.45, 2.75) is 6.29 Å². The van der Waals surface area contributed by atoms with Crippen LogP contribution in [0.5, 0.6) is 5.75 Å². The van der Waals surface area contributed by atoms with E-state index >= 15 is 0 Å². The second-order valence-electron chi connectivity index (χ2n) is 2.70. The normalized spacial score (nSPS) is 10.5. The van der Waals surface area contributed by atoms with Crippen molar-refractivity contribution < 1.29 is 19.4 Å². The van der Waals surface area contributed by atoms with Gasteiger partial charge in [-0.05, 0) is 6.07 Å². The first kappa shape index (κ1) is 10.7. The van der Waals surface area contributed by atoms with Crippen molar-refractivity contribution in [3.63, 3.8) is 0 Å². The van der Waals surface area contributed by atoms with Crippen LogP contribution in [0.15, 0.2) is 18.2 Å². The summed E-state index contributed by atoms with van der Waals surface area (Å²) in [6.45, 7) is 0. The molecule has 0 saturated carbocycles. The lowest BCUT2D eigenvalue weighted by molar-refractivity contribution is -0.107. The van der Waals surface area contributed by atoms with Crippen molar-refractivity contribution in [3.05, 3.63) is 29.3 Å². The molecule has 0 atom stereocenters. The quantitative estimate of drug-likeness (QED) is 0.585. The summed E-state index contributed by atoms with van der Waals surface area (Å²) in [5.41, 5.74) is 0.714. The van der Waals surface area contributed by atoms with Crippen LogP contribution in [0.4, 0.5) is 0 Å². The van der Waals surface area contributed by atoms with Gasteiger partial charge < -0.3 is 14.6 Å². The maximum absolute atomic E-state index is 10.7. The Morgan fingerprint density at radius 2 is 2.00 bits per heavy atom. The summed E-state index contributed by atoms with van der Waals surface area (Å²) >= 11 is 0. The molecule has 0 spiro atoms. The zero-order valence-corrected chi connectivity index (χ0v) is 8.06. The molecular weight excluding hydrogens is 184 g/mol. The second-order valence-corrected chi connectivity index (χ2v) is 2.70. The SMILES string of the molecule is COC(OC)c1c(O)cccc1C=O. The number of methoxy groups -OCH3 is 2. The van der Waals surface area contributed by atoms with Crippen LogP contribution in [-0.4, -0.2) is 25.6 Å². The zero-order chi connectivity index (χ0) is 10.6. The van der Waals surface area contributed by atoms with Crippen molar-refractivity contribution in [2.24, 2.45) is 0 Å². The van der Waals surface area contributed by atoms with Crippen molar-refractivity contribution in [3.8, 4) is 5.75 Å². The summed E-state index contributed by atoms with van der Waals surface area (Å²) < 4.78 is 9.94. The van der Waals surface area contributed by atoms with Gasteiger partial charge >= 0.3 is 0 Å². The van der Waals surface area contributed by atoms with Crippen LogP contribution in [0.2, 0.25) is 0 Å². The summed E-state index contributed by atoms with van der Waals surface area (Å²) in [6.07, 6.45) is -0.0727. The first-order valence-corrected chi connectivity index (χ1v) is 4.07. The standard InChI is InChI=1S/C10H12O4/c1-13-10(14-2)9-7(6-11)4-3-5-8(9)12/h3-6,10,12H,1-2H3. The summed E-state index contributed by atoms with van der Waals surface area (Å²) in [5.74, 6) is -0.0108. The molecule has 0 aliphatic heterocycles. The Labute approximate surface area is 82.1 Å². The highest BCUT2D eigenvalue weighted by atomic mass is 16.7. The van der Waals surface area contributed by atoms with E-state index in [2.05, 4.69) is 0 Å². The van der Waals surface area contributed by atoms with E-state index < -0.39 is 6.29 Å². The van der Waals surface area contributed by atoms with Crippen LogP contribution in [0.25, 0.3) is 0 Å². The van der Waals surface area contributed by atoms with Gasteiger partial charge in [-0.2, -0.15) is 0 Å². The lowest BCUT2D eigenvalue weighted by Gasteiger charge is -2.16.